The summed E-state index contributed by atoms with van der Waals surface area (Å²) in [6.07, 6.45) is 0. The number of aromatic nitrogens is 1. The van der Waals surface area contributed by atoms with E-state index >= 15 is 0 Å². The molecule has 0 atom stereocenters. The average molecular weight is 292 g/mol. The maximum Gasteiger partial charge on any atom is 0.276 e. The number of nitro groups is 1. The molecule has 0 saturated heterocycles. The third-order valence-corrected chi connectivity index (χ3v) is 3.06. The zero-order valence-electron chi connectivity index (χ0n) is 11.2. The summed E-state index contributed by atoms with van der Waals surface area (Å²) in [6, 6.07) is 10.7. The summed E-state index contributed by atoms with van der Waals surface area (Å²) in [5.41, 5.74) is 2.22. The molecule has 5 nitrogen and oxygen atoms in total. The van der Waals surface area contributed by atoms with Crippen molar-refractivity contribution in [1.82, 2.24) is 4.98 Å². The van der Waals surface area contributed by atoms with E-state index in [0.29, 0.717) is 12.4 Å². The number of rotatable bonds is 4. The molecule has 2 aromatic rings. The van der Waals surface area contributed by atoms with Gasteiger partial charge >= 0.3 is 0 Å². The summed E-state index contributed by atoms with van der Waals surface area (Å²) in [4.78, 5) is 16.3. The maximum absolute atomic E-state index is 10.8. The van der Waals surface area contributed by atoms with Crippen molar-refractivity contribution >= 4 is 23.1 Å². The van der Waals surface area contributed by atoms with E-state index < -0.39 is 4.92 Å². The molecule has 1 heterocycles. The lowest BCUT2D eigenvalue weighted by atomic mass is 10.1. The molecule has 0 aliphatic heterocycles. The predicted octanol–water partition coefficient (Wildman–Crippen LogP) is 3.59. The normalized spacial score (nSPS) is 10.3. The van der Waals surface area contributed by atoms with Crippen molar-refractivity contribution in [3.8, 4) is 0 Å². The molecule has 0 fully saturated rings. The molecule has 0 aliphatic carbocycles. The molecule has 104 valence electrons. The van der Waals surface area contributed by atoms with E-state index in [0.717, 1.165) is 5.56 Å². The summed E-state index contributed by atoms with van der Waals surface area (Å²) in [5.74, 6) is 0.478. The number of hydrogen-bond acceptors (Lipinski definition) is 4. The van der Waals surface area contributed by atoms with E-state index in [1.165, 1.54) is 17.7 Å². The van der Waals surface area contributed by atoms with Gasteiger partial charge < -0.3 is 4.90 Å². The highest BCUT2D eigenvalue weighted by Crippen LogP contribution is 2.23. The van der Waals surface area contributed by atoms with Crippen LogP contribution in [-0.2, 0) is 6.54 Å². The predicted molar refractivity (Wildman–Crippen MR) is 79.2 cm³/mol. The van der Waals surface area contributed by atoms with Crippen LogP contribution in [-0.4, -0.2) is 17.0 Å². The smallest absolute Gasteiger partial charge is 0.276 e. The molecule has 6 heteroatoms. The zero-order chi connectivity index (χ0) is 14.7. The fraction of sp³-hybridized carbons (Fsp3) is 0.214. The van der Waals surface area contributed by atoms with Gasteiger partial charge in [0.25, 0.3) is 5.69 Å². The van der Waals surface area contributed by atoms with Gasteiger partial charge in [0.05, 0.1) is 17.1 Å². The summed E-state index contributed by atoms with van der Waals surface area (Å²) in [5, 5.41) is 10.9. The molecule has 1 aromatic heterocycles. The molecule has 0 unspecified atom stereocenters. The Morgan fingerprint density at radius 2 is 2.10 bits per heavy atom. The second kappa shape index (κ2) is 5.88. The molecule has 0 N–H and O–H groups in total. The van der Waals surface area contributed by atoms with Crippen LogP contribution in [0.15, 0.2) is 36.4 Å². The quantitative estimate of drug-likeness (QED) is 0.491. The van der Waals surface area contributed by atoms with E-state index in [4.69, 9.17) is 11.6 Å². The highest BCUT2D eigenvalue weighted by molar-refractivity contribution is 6.29. The van der Waals surface area contributed by atoms with Crippen LogP contribution in [0.5, 0.6) is 0 Å². The molecular weight excluding hydrogens is 278 g/mol. The third kappa shape index (κ3) is 3.45. The van der Waals surface area contributed by atoms with Crippen molar-refractivity contribution in [3.63, 3.8) is 0 Å². The van der Waals surface area contributed by atoms with Gasteiger partial charge in [0.2, 0.25) is 0 Å². The Kier molecular flexibility index (Phi) is 4.20. The first kappa shape index (κ1) is 14.3. The van der Waals surface area contributed by atoms with Crippen LogP contribution in [0.25, 0.3) is 0 Å². The highest BCUT2D eigenvalue weighted by atomic mass is 35.5. The fourth-order valence-electron chi connectivity index (χ4n) is 1.94. The van der Waals surface area contributed by atoms with Crippen LogP contribution in [0.3, 0.4) is 0 Å². The Hall–Kier alpha value is -2.14. The minimum Gasteiger partial charge on any atom is -0.355 e. The summed E-state index contributed by atoms with van der Waals surface area (Å²) in [6.45, 7) is 2.62. The lowest BCUT2D eigenvalue weighted by molar-refractivity contribution is -0.384. The molecule has 20 heavy (non-hydrogen) atoms. The van der Waals surface area contributed by atoms with Gasteiger partial charge in [-0.1, -0.05) is 41.4 Å². The summed E-state index contributed by atoms with van der Waals surface area (Å²) < 4.78 is 0. The molecule has 0 aliphatic rings. The van der Waals surface area contributed by atoms with E-state index in [1.54, 1.807) is 0 Å². The van der Waals surface area contributed by atoms with Gasteiger partial charge in [-0.25, -0.2) is 4.98 Å². The number of pyridine rings is 1. The molecule has 1 aromatic carbocycles. The largest absolute Gasteiger partial charge is 0.355 e. The first-order valence-corrected chi connectivity index (χ1v) is 6.42. The van der Waals surface area contributed by atoms with Crippen LogP contribution in [0.2, 0.25) is 5.15 Å². The Labute approximate surface area is 122 Å². The lowest BCUT2D eigenvalue weighted by Gasteiger charge is -2.18. The van der Waals surface area contributed by atoms with Crippen LogP contribution >= 0.6 is 11.6 Å². The van der Waals surface area contributed by atoms with E-state index in [9.17, 15) is 10.1 Å². The molecule has 0 bridgehead atoms. The van der Waals surface area contributed by atoms with Gasteiger partial charge in [-0.15, -0.1) is 0 Å². The SMILES string of the molecule is Cc1cccc(CN(C)c2cc([N+](=O)[O-])cc(Cl)n2)c1. The monoisotopic (exact) mass is 291 g/mol. The van der Waals surface area contributed by atoms with Gasteiger partial charge in [0, 0.05) is 13.6 Å². The minimum absolute atomic E-state index is 0.0592. The van der Waals surface area contributed by atoms with Crippen molar-refractivity contribution < 1.29 is 4.92 Å². The van der Waals surface area contributed by atoms with Gasteiger partial charge in [-0.05, 0) is 12.5 Å². The number of nitrogens with zero attached hydrogens (tertiary/aromatic N) is 3. The van der Waals surface area contributed by atoms with Crippen molar-refractivity contribution in [3.05, 3.63) is 62.8 Å². The Bertz CT molecular complexity index is 646. The number of halogens is 1. The second-order valence-electron chi connectivity index (χ2n) is 4.61. The maximum atomic E-state index is 10.8. The number of hydrogen-bond donors (Lipinski definition) is 0. The summed E-state index contributed by atoms with van der Waals surface area (Å²) in [7, 11) is 1.82. The third-order valence-electron chi connectivity index (χ3n) is 2.87. The van der Waals surface area contributed by atoms with Crippen LogP contribution < -0.4 is 4.90 Å². The lowest BCUT2D eigenvalue weighted by Crippen LogP contribution is -2.18. The minimum atomic E-state index is -0.475. The number of benzene rings is 1. The van der Waals surface area contributed by atoms with Crippen LogP contribution in [0.4, 0.5) is 11.5 Å². The van der Waals surface area contributed by atoms with E-state index in [1.807, 2.05) is 37.1 Å². The van der Waals surface area contributed by atoms with E-state index in [-0.39, 0.29) is 10.8 Å². The topological polar surface area (TPSA) is 59.3 Å². The van der Waals surface area contributed by atoms with Gasteiger partial charge in [0.15, 0.2) is 0 Å². The average Bonchev–Trinajstić information content (AvgIpc) is 2.37. The standard InChI is InChI=1S/C14H14ClN3O2/c1-10-4-3-5-11(6-10)9-17(2)14-8-12(18(19)20)7-13(15)16-14/h3-8H,9H2,1-2H3. The first-order valence-electron chi connectivity index (χ1n) is 6.04. The number of aryl methyl sites for hydroxylation is 1. The molecule has 0 saturated carbocycles. The van der Waals surface area contributed by atoms with Crippen molar-refractivity contribution in [2.75, 3.05) is 11.9 Å². The molecule has 0 amide bonds. The Balaban J connectivity index is 2.25. The van der Waals surface area contributed by atoms with E-state index in [2.05, 4.69) is 11.1 Å². The van der Waals surface area contributed by atoms with Gasteiger partial charge in [-0.2, -0.15) is 0 Å². The van der Waals surface area contributed by atoms with Crippen LogP contribution in [0, 0.1) is 17.0 Å². The van der Waals surface area contributed by atoms with Crippen molar-refractivity contribution in [2.24, 2.45) is 0 Å². The Morgan fingerprint density at radius 1 is 1.35 bits per heavy atom. The molecule has 0 spiro atoms. The van der Waals surface area contributed by atoms with Crippen molar-refractivity contribution in [1.29, 1.82) is 0 Å². The highest BCUT2D eigenvalue weighted by Gasteiger charge is 2.13. The summed E-state index contributed by atoms with van der Waals surface area (Å²) >= 11 is 5.82. The number of anilines is 1. The van der Waals surface area contributed by atoms with Gasteiger partial charge in [-0.3, -0.25) is 10.1 Å². The van der Waals surface area contributed by atoms with Gasteiger partial charge in [0.1, 0.15) is 11.0 Å². The first-order chi connectivity index (χ1) is 9.45. The zero-order valence-corrected chi connectivity index (χ0v) is 12.0. The van der Waals surface area contributed by atoms with Crippen LogP contribution in [0.1, 0.15) is 11.1 Å². The fourth-order valence-corrected chi connectivity index (χ4v) is 2.13. The molecule has 2 rings (SSSR count). The second-order valence-corrected chi connectivity index (χ2v) is 5.00. The van der Waals surface area contributed by atoms with Crippen molar-refractivity contribution in [2.45, 2.75) is 13.5 Å². The molecule has 0 radical (unpaired) electrons. The molecular formula is C14H14ClN3O2. The Morgan fingerprint density at radius 3 is 2.75 bits per heavy atom.